The summed E-state index contributed by atoms with van der Waals surface area (Å²) in [5, 5.41) is 20.0. The molecule has 2 aliphatic heterocycles. The average Bonchev–Trinajstić information content (AvgIpc) is 3.24. The van der Waals surface area contributed by atoms with Gasteiger partial charge in [-0.15, -0.1) is 0 Å². The SMILES string of the molecule is COCCCCC(C)[C@H](/C=C/[C@@H]1[C@@H](C/C=C\CCCC(=O)O)[C@@H](O)C[C@H]1OC1CCCCO1)OC1CCCCO1. The second kappa shape index (κ2) is 19.0. The van der Waals surface area contributed by atoms with Crippen molar-refractivity contribution in [3.63, 3.8) is 0 Å². The Balaban J connectivity index is 1.70. The molecule has 0 aromatic rings. The summed E-state index contributed by atoms with van der Waals surface area (Å²) in [7, 11) is 1.74. The lowest BCUT2D eigenvalue weighted by Crippen LogP contribution is -2.32. The second-order valence-electron chi connectivity index (χ2n) is 11.8. The number of ether oxygens (including phenoxy) is 5. The van der Waals surface area contributed by atoms with Gasteiger partial charge < -0.3 is 33.9 Å². The molecule has 1 aliphatic carbocycles. The number of carbonyl (C=O) groups is 1. The molecule has 8 atom stereocenters. The van der Waals surface area contributed by atoms with E-state index < -0.39 is 12.1 Å². The van der Waals surface area contributed by atoms with E-state index in [9.17, 15) is 9.90 Å². The van der Waals surface area contributed by atoms with Crippen molar-refractivity contribution in [1.29, 1.82) is 0 Å². The first kappa shape index (κ1) is 33.2. The van der Waals surface area contributed by atoms with Crippen molar-refractivity contribution in [3.8, 4) is 0 Å². The third kappa shape index (κ3) is 11.9. The molecule has 3 fully saturated rings. The Morgan fingerprint density at radius 1 is 1.02 bits per heavy atom. The fourth-order valence-corrected chi connectivity index (χ4v) is 6.06. The van der Waals surface area contributed by atoms with E-state index in [0.717, 1.165) is 90.4 Å². The highest BCUT2D eigenvalue weighted by Gasteiger charge is 2.42. The molecule has 40 heavy (non-hydrogen) atoms. The van der Waals surface area contributed by atoms with E-state index in [0.29, 0.717) is 18.8 Å². The summed E-state index contributed by atoms with van der Waals surface area (Å²) in [5.41, 5.74) is 0. The Bertz CT molecular complexity index is 743. The van der Waals surface area contributed by atoms with Crippen LogP contribution in [0.3, 0.4) is 0 Å². The van der Waals surface area contributed by atoms with Gasteiger partial charge in [-0.25, -0.2) is 0 Å². The van der Waals surface area contributed by atoms with Gasteiger partial charge in [0.2, 0.25) is 0 Å². The zero-order valence-corrected chi connectivity index (χ0v) is 24.8. The van der Waals surface area contributed by atoms with Crippen LogP contribution in [0.4, 0.5) is 0 Å². The first-order chi connectivity index (χ1) is 19.5. The first-order valence-corrected chi connectivity index (χ1v) is 15.7. The summed E-state index contributed by atoms with van der Waals surface area (Å²) in [5.74, 6) is -0.399. The molecule has 0 aromatic heterocycles. The number of allylic oxidation sites excluding steroid dienone is 2. The predicted octanol–water partition coefficient (Wildman–Crippen LogP) is 6.02. The number of aliphatic hydroxyl groups is 1. The van der Waals surface area contributed by atoms with Crippen LogP contribution in [0.2, 0.25) is 0 Å². The molecule has 0 radical (unpaired) electrons. The maximum absolute atomic E-state index is 11.1. The first-order valence-electron chi connectivity index (χ1n) is 15.7. The Morgan fingerprint density at radius 2 is 1.77 bits per heavy atom. The van der Waals surface area contributed by atoms with Crippen LogP contribution < -0.4 is 0 Å². The molecule has 230 valence electrons. The summed E-state index contributed by atoms with van der Waals surface area (Å²) >= 11 is 0. The monoisotopic (exact) mass is 566 g/mol. The number of methoxy groups -OCH3 is 1. The molecule has 1 saturated carbocycles. The lowest BCUT2D eigenvalue weighted by Gasteiger charge is -2.31. The van der Waals surface area contributed by atoms with E-state index in [1.165, 1.54) is 0 Å². The van der Waals surface area contributed by atoms with Crippen molar-refractivity contribution in [2.45, 2.75) is 128 Å². The van der Waals surface area contributed by atoms with Gasteiger partial charge >= 0.3 is 5.97 Å². The van der Waals surface area contributed by atoms with E-state index in [1.807, 2.05) is 6.08 Å². The van der Waals surface area contributed by atoms with Crippen molar-refractivity contribution in [3.05, 3.63) is 24.3 Å². The summed E-state index contributed by atoms with van der Waals surface area (Å²) in [6.07, 6.45) is 19.7. The zero-order valence-electron chi connectivity index (χ0n) is 24.8. The molecule has 0 amide bonds. The second-order valence-corrected chi connectivity index (χ2v) is 11.8. The molecule has 2 N–H and O–H groups in total. The number of carboxylic acids is 1. The maximum atomic E-state index is 11.1. The highest BCUT2D eigenvalue weighted by Crippen LogP contribution is 2.40. The van der Waals surface area contributed by atoms with Gasteiger partial charge in [-0.05, 0) is 82.5 Å². The highest BCUT2D eigenvalue weighted by atomic mass is 16.7. The minimum absolute atomic E-state index is 0.0177. The van der Waals surface area contributed by atoms with Crippen LogP contribution in [-0.4, -0.2) is 74.0 Å². The fourth-order valence-electron chi connectivity index (χ4n) is 6.06. The summed E-state index contributed by atoms with van der Waals surface area (Å²) in [4.78, 5) is 10.8. The molecule has 0 bridgehead atoms. The van der Waals surface area contributed by atoms with Crippen molar-refractivity contribution < 1.29 is 38.7 Å². The van der Waals surface area contributed by atoms with Crippen LogP contribution in [0.1, 0.15) is 96.8 Å². The van der Waals surface area contributed by atoms with Gasteiger partial charge in [-0.2, -0.15) is 0 Å². The van der Waals surface area contributed by atoms with Gasteiger partial charge in [-0.3, -0.25) is 4.79 Å². The van der Waals surface area contributed by atoms with Gasteiger partial charge in [0.05, 0.1) is 18.3 Å². The molecular formula is C32H54O8. The summed E-state index contributed by atoms with van der Waals surface area (Å²) in [6.45, 7) is 4.49. The third-order valence-electron chi connectivity index (χ3n) is 8.48. The lowest BCUT2D eigenvalue weighted by molar-refractivity contribution is -0.193. The smallest absolute Gasteiger partial charge is 0.303 e. The largest absolute Gasteiger partial charge is 0.481 e. The predicted molar refractivity (Wildman–Crippen MR) is 154 cm³/mol. The van der Waals surface area contributed by atoms with Crippen LogP contribution in [-0.2, 0) is 28.5 Å². The van der Waals surface area contributed by atoms with E-state index in [4.69, 9.17) is 28.8 Å². The lowest BCUT2D eigenvalue weighted by atomic mass is 9.88. The standard InChI is InChI=1S/C32H54O8/c1-24(13-7-10-20-36-2)28(39-31-16-8-11-21-37-31)19-18-26-25(14-5-3-4-6-15-30(34)35)27(33)23-29(26)40-32-17-9-12-22-38-32/h3,5,18-19,24-29,31-33H,4,6-17,20-23H2,1-2H3,(H,34,35)/b5-3-,19-18+/t24?,25-,26-,27+,28+,29-,31?,32?/m1/s1. The van der Waals surface area contributed by atoms with Crippen LogP contribution >= 0.6 is 0 Å². The Labute approximate surface area is 241 Å². The van der Waals surface area contributed by atoms with Crippen LogP contribution in [0.5, 0.6) is 0 Å². The van der Waals surface area contributed by atoms with Gasteiger partial charge in [-0.1, -0.05) is 37.6 Å². The molecular weight excluding hydrogens is 512 g/mol. The zero-order chi connectivity index (χ0) is 28.6. The number of aliphatic carboxylic acids is 1. The van der Waals surface area contributed by atoms with Crippen molar-refractivity contribution in [1.82, 2.24) is 0 Å². The van der Waals surface area contributed by atoms with Gasteiger partial charge in [0.25, 0.3) is 0 Å². The molecule has 2 heterocycles. The number of aliphatic hydroxyl groups excluding tert-OH is 1. The van der Waals surface area contributed by atoms with Crippen LogP contribution in [0.25, 0.3) is 0 Å². The minimum Gasteiger partial charge on any atom is -0.481 e. The maximum Gasteiger partial charge on any atom is 0.303 e. The number of carboxylic acid groups (broad SMARTS) is 1. The summed E-state index contributed by atoms with van der Waals surface area (Å²) in [6, 6.07) is 0. The molecule has 8 nitrogen and oxygen atoms in total. The Hall–Kier alpha value is -1.29. The van der Waals surface area contributed by atoms with E-state index in [-0.39, 0.29) is 43.0 Å². The molecule has 3 aliphatic rings. The van der Waals surface area contributed by atoms with Gasteiger partial charge in [0.1, 0.15) is 0 Å². The van der Waals surface area contributed by atoms with Crippen molar-refractivity contribution in [2.24, 2.45) is 17.8 Å². The van der Waals surface area contributed by atoms with Gasteiger partial charge in [0.15, 0.2) is 12.6 Å². The van der Waals surface area contributed by atoms with Crippen LogP contribution in [0, 0.1) is 17.8 Å². The van der Waals surface area contributed by atoms with E-state index in [2.05, 4.69) is 25.2 Å². The molecule has 2 saturated heterocycles. The van der Waals surface area contributed by atoms with E-state index in [1.54, 1.807) is 7.11 Å². The van der Waals surface area contributed by atoms with Crippen molar-refractivity contribution >= 4 is 5.97 Å². The highest BCUT2D eigenvalue weighted by molar-refractivity contribution is 5.66. The fraction of sp³-hybridized carbons (Fsp3) is 0.844. The van der Waals surface area contributed by atoms with Crippen molar-refractivity contribution in [2.75, 3.05) is 26.9 Å². The van der Waals surface area contributed by atoms with E-state index >= 15 is 0 Å². The number of unbranched alkanes of at least 4 members (excludes halogenated alkanes) is 2. The normalized spacial score (nSPS) is 31.2. The number of rotatable bonds is 18. The molecule has 3 rings (SSSR count). The molecule has 3 unspecified atom stereocenters. The Kier molecular flexibility index (Phi) is 15.8. The third-order valence-corrected chi connectivity index (χ3v) is 8.48. The quantitative estimate of drug-likeness (QED) is 0.153. The molecule has 0 spiro atoms. The molecule has 8 heteroatoms. The topological polar surface area (TPSA) is 104 Å². The summed E-state index contributed by atoms with van der Waals surface area (Å²) < 4.78 is 30.1. The number of hydrogen-bond donors (Lipinski definition) is 2. The average molecular weight is 567 g/mol. The van der Waals surface area contributed by atoms with Crippen LogP contribution in [0.15, 0.2) is 24.3 Å². The van der Waals surface area contributed by atoms with Gasteiger partial charge in [0, 0.05) is 45.7 Å². The Morgan fingerprint density at radius 3 is 2.45 bits per heavy atom. The number of hydrogen-bond acceptors (Lipinski definition) is 7. The minimum atomic E-state index is -0.766. The molecule has 0 aromatic carbocycles.